The number of rotatable bonds is 3. The molecule has 1 rings (SSSR count). The number of nitrogens with one attached hydrogen (secondary N) is 1. The molecule has 0 bridgehead atoms. The minimum Gasteiger partial charge on any atom is -0.359 e. The fourth-order valence-electron chi connectivity index (χ4n) is 1.92. The first-order valence-corrected chi connectivity index (χ1v) is 6.95. The van der Waals surface area contributed by atoms with Gasteiger partial charge in [-0.2, -0.15) is 0 Å². The van der Waals surface area contributed by atoms with Crippen LogP contribution in [0, 0.1) is 5.41 Å². The van der Waals surface area contributed by atoms with Gasteiger partial charge >= 0.3 is 0 Å². The first-order chi connectivity index (χ1) is 7.24. The highest BCUT2D eigenvalue weighted by Gasteiger charge is 2.44. The van der Waals surface area contributed by atoms with Gasteiger partial charge in [0.1, 0.15) is 0 Å². The molecule has 6 heteroatoms. The smallest absolute Gasteiger partial charge is 0.227 e. The summed E-state index contributed by atoms with van der Waals surface area (Å²) in [4.78, 5) is 11.6. The predicted molar refractivity (Wildman–Crippen MR) is 62.4 cm³/mol. The fourth-order valence-corrected chi connectivity index (χ4v) is 3.33. The van der Waals surface area contributed by atoms with E-state index in [4.69, 9.17) is 0 Å². The Kier molecular flexibility index (Phi) is 3.64. The summed E-state index contributed by atoms with van der Waals surface area (Å²) >= 11 is 0. The van der Waals surface area contributed by atoms with E-state index < -0.39 is 20.7 Å². The molecule has 0 aromatic heterocycles. The fraction of sp³-hybridized carbons (Fsp3) is 0.900. The van der Waals surface area contributed by atoms with Crippen molar-refractivity contribution >= 4 is 15.9 Å². The van der Waals surface area contributed by atoms with Crippen LogP contribution in [0.4, 0.5) is 0 Å². The van der Waals surface area contributed by atoms with Gasteiger partial charge < -0.3 is 5.32 Å². The van der Waals surface area contributed by atoms with Crippen molar-refractivity contribution in [2.24, 2.45) is 5.41 Å². The topological polar surface area (TPSA) is 66.5 Å². The molecule has 1 atom stereocenters. The number of carbonyl (C=O) groups excluding carboxylic acids is 1. The zero-order valence-electron chi connectivity index (χ0n) is 10.3. The van der Waals surface area contributed by atoms with Crippen molar-refractivity contribution < 1.29 is 13.2 Å². The van der Waals surface area contributed by atoms with Gasteiger partial charge in [-0.3, -0.25) is 4.79 Å². The van der Waals surface area contributed by atoms with Gasteiger partial charge in [0.2, 0.25) is 15.9 Å². The van der Waals surface area contributed by atoms with Crippen molar-refractivity contribution in [3.05, 3.63) is 0 Å². The minimum atomic E-state index is -3.24. The molecule has 1 aliphatic heterocycles. The maximum absolute atomic E-state index is 11.9. The number of nitrogens with zero attached hydrogens (tertiary/aromatic N) is 1. The third-order valence-electron chi connectivity index (χ3n) is 3.17. The minimum absolute atomic E-state index is 0.0889. The van der Waals surface area contributed by atoms with Gasteiger partial charge in [0, 0.05) is 20.1 Å². The highest BCUT2D eigenvalue weighted by Crippen LogP contribution is 2.32. The van der Waals surface area contributed by atoms with Gasteiger partial charge in [0.15, 0.2) is 0 Å². The molecular formula is C10H20N2O3S. The largest absolute Gasteiger partial charge is 0.359 e. The average Bonchev–Trinajstić information content (AvgIpc) is 2.61. The Balaban J connectivity index is 2.85. The van der Waals surface area contributed by atoms with E-state index in [9.17, 15) is 13.2 Å². The molecule has 0 saturated carbocycles. The van der Waals surface area contributed by atoms with Crippen molar-refractivity contribution in [3.63, 3.8) is 0 Å². The molecule has 1 amide bonds. The maximum Gasteiger partial charge on any atom is 0.227 e. The first kappa shape index (κ1) is 13.4. The Hall–Kier alpha value is -0.620. The summed E-state index contributed by atoms with van der Waals surface area (Å²) in [6, 6.07) is 0. The van der Waals surface area contributed by atoms with E-state index in [0.717, 1.165) is 0 Å². The molecule has 0 aromatic rings. The van der Waals surface area contributed by atoms with Crippen molar-refractivity contribution in [3.8, 4) is 0 Å². The van der Waals surface area contributed by atoms with Crippen molar-refractivity contribution in [2.45, 2.75) is 32.4 Å². The van der Waals surface area contributed by atoms with E-state index in [-0.39, 0.29) is 12.5 Å². The SMILES string of the molecule is CNC(=O)C1(C)CCN(S(=O)(=O)C(C)C)C1. The van der Waals surface area contributed by atoms with Crippen LogP contribution in [0.2, 0.25) is 0 Å². The lowest BCUT2D eigenvalue weighted by molar-refractivity contribution is -0.128. The molecular weight excluding hydrogens is 228 g/mol. The molecule has 94 valence electrons. The molecule has 1 saturated heterocycles. The van der Waals surface area contributed by atoms with Crippen LogP contribution in [0.5, 0.6) is 0 Å². The molecule has 1 unspecified atom stereocenters. The zero-order chi connectivity index (χ0) is 12.6. The third-order valence-corrected chi connectivity index (χ3v) is 5.39. The summed E-state index contributed by atoms with van der Waals surface area (Å²) in [6.45, 7) is 5.84. The number of hydrogen-bond donors (Lipinski definition) is 1. The lowest BCUT2D eigenvalue weighted by Gasteiger charge is -2.23. The first-order valence-electron chi connectivity index (χ1n) is 5.45. The Morgan fingerprint density at radius 1 is 1.44 bits per heavy atom. The molecule has 1 N–H and O–H groups in total. The van der Waals surface area contributed by atoms with Crippen LogP contribution in [0.1, 0.15) is 27.2 Å². The Morgan fingerprint density at radius 2 is 2.00 bits per heavy atom. The van der Waals surface area contributed by atoms with Crippen LogP contribution in [-0.4, -0.2) is 44.0 Å². The second-order valence-corrected chi connectivity index (χ2v) is 7.31. The van der Waals surface area contributed by atoms with Crippen molar-refractivity contribution in [1.29, 1.82) is 0 Å². The molecule has 0 aliphatic carbocycles. The van der Waals surface area contributed by atoms with E-state index in [1.54, 1.807) is 20.9 Å². The lowest BCUT2D eigenvalue weighted by Crippen LogP contribution is -2.41. The summed E-state index contributed by atoms with van der Waals surface area (Å²) in [5.74, 6) is -0.0889. The van der Waals surface area contributed by atoms with Gasteiger partial charge in [-0.25, -0.2) is 12.7 Å². The summed E-state index contributed by atoms with van der Waals surface area (Å²) in [6.07, 6.45) is 0.582. The van der Waals surface area contributed by atoms with Crippen LogP contribution in [0.3, 0.4) is 0 Å². The summed E-state index contributed by atoms with van der Waals surface area (Å²) in [5.41, 5.74) is -0.587. The lowest BCUT2D eigenvalue weighted by atomic mass is 9.89. The van der Waals surface area contributed by atoms with Gasteiger partial charge in [-0.05, 0) is 27.2 Å². The molecule has 0 radical (unpaired) electrons. The van der Waals surface area contributed by atoms with E-state index in [2.05, 4.69) is 5.32 Å². The number of amides is 1. The molecule has 0 aromatic carbocycles. The van der Waals surface area contributed by atoms with Crippen LogP contribution < -0.4 is 5.32 Å². The Labute approximate surface area is 97.2 Å². The van der Waals surface area contributed by atoms with Crippen molar-refractivity contribution in [2.75, 3.05) is 20.1 Å². The van der Waals surface area contributed by atoms with Gasteiger partial charge in [0.05, 0.1) is 10.7 Å². The number of hydrogen-bond acceptors (Lipinski definition) is 3. The number of carbonyl (C=O) groups is 1. The van der Waals surface area contributed by atoms with Crippen LogP contribution in [-0.2, 0) is 14.8 Å². The van der Waals surface area contributed by atoms with Gasteiger partial charge in [-0.15, -0.1) is 0 Å². The summed E-state index contributed by atoms with van der Waals surface area (Å²) < 4.78 is 25.3. The monoisotopic (exact) mass is 248 g/mol. The average molecular weight is 248 g/mol. The second kappa shape index (κ2) is 4.33. The summed E-state index contributed by atoms with van der Waals surface area (Å²) in [5, 5.41) is 2.16. The molecule has 0 spiro atoms. The van der Waals surface area contributed by atoms with Gasteiger partial charge in [0.25, 0.3) is 0 Å². The maximum atomic E-state index is 11.9. The van der Waals surface area contributed by atoms with Crippen LogP contribution in [0.25, 0.3) is 0 Å². The standard InChI is InChI=1S/C10H20N2O3S/c1-8(2)16(14,15)12-6-5-10(3,7-12)9(13)11-4/h8H,5-7H2,1-4H3,(H,11,13). The molecule has 1 fully saturated rings. The third kappa shape index (κ3) is 2.22. The molecule has 5 nitrogen and oxygen atoms in total. The normalized spacial score (nSPS) is 27.3. The molecule has 1 heterocycles. The zero-order valence-corrected chi connectivity index (χ0v) is 11.1. The van der Waals surface area contributed by atoms with E-state index in [0.29, 0.717) is 13.0 Å². The highest BCUT2D eigenvalue weighted by atomic mass is 32.2. The van der Waals surface area contributed by atoms with E-state index in [1.807, 2.05) is 6.92 Å². The molecule has 1 aliphatic rings. The van der Waals surface area contributed by atoms with Gasteiger partial charge in [-0.1, -0.05) is 0 Å². The Morgan fingerprint density at radius 3 is 2.44 bits per heavy atom. The van der Waals surface area contributed by atoms with Crippen LogP contribution >= 0.6 is 0 Å². The second-order valence-electron chi connectivity index (χ2n) is 4.82. The Bertz CT molecular complexity index is 378. The predicted octanol–water partition coefficient (Wildman–Crippen LogP) is 0.183. The number of sulfonamides is 1. The van der Waals surface area contributed by atoms with E-state index in [1.165, 1.54) is 4.31 Å². The molecule has 16 heavy (non-hydrogen) atoms. The summed E-state index contributed by atoms with van der Waals surface area (Å²) in [7, 11) is -1.66. The van der Waals surface area contributed by atoms with Crippen LogP contribution in [0.15, 0.2) is 0 Å². The van der Waals surface area contributed by atoms with Crippen molar-refractivity contribution in [1.82, 2.24) is 9.62 Å². The quantitative estimate of drug-likeness (QED) is 0.775. The van der Waals surface area contributed by atoms with E-state index >= 15 is 0 Å². The highest BCUT2D eigenvalue weighted by molar-refractivity contribution is 7.89.